The number of sulfonamides is 1. The van der Waals surface area contributed by atoms with Crippen molar-refractivity contribution in [3.05, 3.63) is 22.2 Å². The lowest BCUT2D eigenvalue weighted by molar-refractivity contribution is -0.127. The lowest BCUT2D eigenvalue weighted by atomic mass is 10.2. The van der Waals surface area contributed by atoms with Crippen LogP contribution in [0.3, 0.4) is 0 Å². The lowest BCUT2D eigenvalue weighted by Gasteiger charge is -2.17. The molecule has 0 spiro atoms. The molecule has 1 fully saturated rings. The van der Waals surface area contributed by atoms with E-state index in [0.717, 1.165) is 12.8 Å². The number of halogens is 2. The minimum absolute atomic E-state index is 0.0831. The van der Waals surface area contributed by atoms with E-state index >= 15 is 0 Å². The first-order chi connectivity index (χ1) is 9.80. The van der Waals surface area contributed by atoms with Gasteiger partial charge in [-0.05, 0) is 31.4 Å². The van der Waals surface area contributed by atoms with E-state index in [1.165, 1.54) is 12.1 Å². The Bertz CT molecular complexity index is 663. The van der Waals surface area contributed by atoms with E-state index in [1.807, 2.05) is 0 Å². The smallest absolute Gasteiger partial charge is 0.261 e. The molecule has 0 aromatic heterocycles. The maximum atomic E-state index is 11.8. The molecule has 1 aromatic rings. The minimum atomic E-state index is -3.97. The summed E-state index contributed by atoms with van der Waals surface area (Å²) in [6, 6.07) is 2.54. The molecule has 1 heterocycles. The van der Waals surface area contributed by atoms with E-state index in [9.17, 15) is 13.2 Å². The number of nitrogens with two attached hydrogens (primary N) is 1. The molecular formula is C12H14Cl2N2O4S. The van der Waals surface area contributed by atoms with Gasteiger partial charge in [-0.25, -0.2) is 13.6 Å². The first-order valence-electron chi connectivity index (χ1n) is 6.26. The fourth-order valence-corrected chi connectivity index (χ4v) is 3.36. The average Bonchev–Trinajstić information content (AvgIpc) is 2.59. The van der Waals surface area contributed by atoms with Crippen LogP contribution in [0.2, 0.25) is 10.0 Å². The van der Waals surface area contributed by atoms with Crippen molar-refractivity contribution in [3.63, 3.8) is 0 Å². The largest absolute Gasteiger partial charge is 0.479 e. The first-order valence-corrected chi connectivity index (χ1v) is 8.56. The molecule has 6 nitrogen and oxygen atoms in total. The summed E-state index contributed by atoms with van der Waals surface area (Å²) in [5, 5.41) is 7.46. The standard InChI is InChI=1S/C12H14Cl2N2O4S/c13-10-7(4-5-9(11(10)14)21(15,18)19)20-8-3-1-2-6-16-12(8)17/h4-5,8H,1-3,6H2,(H,16,17)(H2,15,18,19). The van der Waals surface area contributed by atoms with Crippen LogP contribution in [0.5, 0.6) is 5.75 Å². The highest BCUT2D eigenvalue weighted by Crippen LogP contribution is 2.37. The monoisotopic (exact) mass is 352 g/mol. The number of amides is 1. The van der Waals surface area contributed by atoms with Gasteiger partial charge in [0, 0.05) is 6.54 Å². The maximum absolute atomic E-state index is 11.8. The number of rotatable bonds is 3. The zero-order valence-corrected chi connectivity index (χ0v) is 13.3. The molecule has 3 N–H and O–H groups in total. The van der Waals surface area contributed by atoms with Gasteiger partial charge < -0.3 is 10.1 Å². The van der Waals surface area contributed by atoms with Crippen LogP contribution in [0.4, 0.5) is 0 Å². The molecule has 1 aromatic carbocycles. The molecule has 1 aliphatic heterocycles. The van der Waals surface area contributed by atoms with Crippen molar-refractivity contribution in [2.24, 2.45) is 5.14 Å². The Balaban J connectivity index is 2.29. The van der Waals surface area contributed by atoms with Crippen molar-refractivity contribution >= 4 is 39.1 Å². The Labute approximate surface area is 132 Å². The molecule has 9 heteroatoms. The second-order valence-corrected chi connectivity index (χ2v) is 6.91. The van der Waals surface area contributed by atoms with Crippen molar-refractivity contribution in [2.45, 2.75) is 30.3 Å². The summed E-state index contributed by atoms with van der Waals surface area (Å²) in [7, 11) is -3.97. The van der Waals surface area contributed by atoms with Gasteiger partial charge in [0.05, 0.1) is 5.02 Å². The van der Waals surface area contributed by atoms with Gasteiger partial charge in [0.25, 0.3) is 5.91 Å². The minimum Gasteiger partial charge on any atom is -0.479 e. The summed E-state index contributed by atoms with van der Waals surface area (Å²) in [4.78, 5) is 11.5. The molecule has 1 amide bonds. The van der Waals surface area contributed by atoms with E-state index in [0.29, 0.717) is 13.0 Å². The Morgan fingerprint density at radius 1 is 1.24 bits per heavy atom. The van der Waals surface area contributed by atoms with Crippen molar-refractivity contribution in [3.8, 4) is 5.75 Å². The van der Waals surface area contributed by atoms with E-state index < -0.39 is 16.1 Å². The molecule has 21 heavy (non-hydrogen) atoms. The number of carbonyl (C=O) groups is 1. The van der Waals surface area contributed by atoms with Gasteiger partial charge in [0.1, 0.15) is 15.7 Å². The van der Waals surface area contributed by atoms with Crippen LogP contribution in [0.25, 0.3) is 0 Å². The van der Waals surface area contributed by atoms with Crippen LogP contribution in [0.15, 0.2) is 17.0 Å². The molecular weight excluding hydrogens is 339 g/mol. The second kappa shape index (κ2) is 6.39. The van der Waals surface area contributed by atoms with Crippen LogP contribution in [-0.4, -0.2) is 27.0 Å². The third-order valence-electron chi connectivity index (χ3n) is 3.07. The van der Waals surface area contributed by atoms with Crippen LogP contribution in [0, 0.1) is 0 Å². The van der Waals surface area contributed by atoms with Gasteiger partial charge in [-0.3, -0.25) is 4.79 Å². The Morgan fingerprint density at radius 2 is 1.95 bits per heavy atom. The molecule has 1 aliphatic rings. The number of hydrogen-bond donors (Lipinski definition) is 2. The van der Waals surface area contributed by atoms with Crippen molar-refractivity contribution < 1.29 is 17.9 Å². The highest BCUT2D eigenvalue weighted by atomic mass is 35.5. The maximum Gasteiger partial charge on any atom is 0.261 e. The summed E-state index contributed by atoms with van der Waals surface area (Å²) < 4.78 is 28.2. The van der Waals surface area contributed by atoms with Gasteiger partial charge >= 0.3 is 0 Å². The molecule has 0 radical (unpaired) electrons. The zero-order chi connectivity index (χ0) is 15.6. The van der Waals surface area contributed by atoms with Crippen molar-refractivity contribution in [1.29, 1.82) is 0 Å². The quantitative estimate of drug-likeness (QED) is 0.864. The predicted octanol–water partition coefficient (Wildman–Crippen LogP) is 1.69. The fourth-order valence-electron chi connectivity index (χ4n) is 2.00. The number of carbonyl (C=O) groups excluding carboxylic acids is 1. The summed E-state index contributed by atoms with van der Waals surface area (Å²) >= 11 is 11.9. The van der Waals surface area contributed by atoms with E-state index in [4.69, 9.17) is 33.1 Å². The molecule has 116 valence electrons. The summed E-state index contributed by atoms with van der Waals surface area (Å²) in [6.07, 6.45) is 1.59. The summed E-state index contributed by atoms with van der Waals surface area (Å²) in [5.74, 6) is -0.0775. The van der Waals surface area contributed by atoms with Gasteiger partial charge in [-0.2, -0.15) is 0 Å². The molecule has 0 bridgehead atoms. The van der Waals surface area contributed by atoms with Gasteiger partial charge in [0.15, 0.2) is 6.10 Å². The van der Waals surface area contributed by atoms with E-state index in [1.54, 1.807) is 0 Å². The average molecular weight is 353 g/mol. The summed E-state index contributed by atoms with van der Waals surface area (Å²) in [6.45, 7) is 0.609. The number of hydrogen-bond acceptors (Lipinski definition) is 4. The Kier molecular flexibility index (Phi) is 4.98. The molecule has 1 saturated heterocycles. The molecule has 0 saturated carbocycles. The third-order valence-corrected chi connectivity index (χ3v) is 5.00. The number of nitrogens with one attached hydrogen (secondary N) is 1. The number of benzene rings is 1. The second-order valence-electron chi connectivity index (χ2n) is 4.63. The number of ether oxygens (including phenoxy) is 1. The van der Waals surface area contributed by atoms with Gasteiger partial charge in [-0.1, -0.05) is 23.2 Å². The molecule has 0 aliphatic carbocycles. The van der Waals surface area contributed by atoms with Crippen molar-refractivity contribution in [1.82, 2.24) is 5.32 Å². The third kappa shape index (κ3) is 3.79. The Hall–Kier alpha value is -1.02. The topological polar surface area (TPSA) is 98.5 Å². The van der Waals surface area contributed by atoms with Crippen LogP contribution >= 0.6 is 23.2 Å². The van der Waals surface area contributed by atoms with Crippen molar-refractivity contribution in [2.75, 3.05) is 6.54 Å². The summed E-state index contributed by atoms with van der Waals surface area (Å²) in [5.41, 5.74) is 0. The highest BCUT2D eigenvalue weighted by molar-refractivity contribution is 7.89. The van der Waals surface area contributed by atoms with Gasteiger partial charge in [-0.15, -0.1) is 0 Å². The molecule has 1 unspecified atom stereocenters. The van der Waals surface area contributed by atoms with E-state index in [-0.39, 0.29) is 26.6 Å². The first kappa shape index (κ1) is 16.4. The lowest BCUT2D eigenvalue weighted by Crippen LogP contribution is -2.36. The number of primary sulfonamides is 1. The van der Waals surface area contributed by atoms with Crippen LogP contribution in [0.1, 0.15) is 19.3 Å². The fraction of sp³-hybridized carbons (Fsp3) is 0.417. The van der Waals surface area contributed by atoms with E-state index in [2.05, 4.69) is 5.32 Å². The van der Waals surface area contributed by atoms with Crippen LogP contribution in [-0.2, 0) is 14.8 Å². The molecule has 1 atom stereocenters. The van der Waals surface area contributed by atoms with Gasteiger partial charge in [0.2, 0.25) is 10.0 Å². The Morgan fingerprint density at radius 3 is 2.62 bits per heavy atom. The zero-order valence-electron chi connectivity index (χ0n) is 10.9. The normalized spacial score (nSPS) is 19.8. The highest BCUT2D eigenvalue weighted by Gasteiger charge is 2.25. The predicted molar refractivity (Wildman–Crippen MR) is 79.1 cm³/mol. The SMILES string of the molecule is NS(=O)(=O)c1ccc(OC2CCCCNC2=O)c(Cl)c1Cl. The van der Waals surface area contributed by atoms with Crippen LogP contribution < -0.4 is 15.2 Å². The molecule has 2 rings (SSSR count).